The average Bonchev–Trinajstić information content (AvgIpc) is 3.28. The molecule has 0 saturated carbocycles. The molecule has 2 aromatic carbocycles. The molecule has 1 saturated heterocycles. The average molecular weight is 529 g/mol. The summed E-state index contributed by atoms with van der Waals surface area (Å²) in [5.74, 6) is 1.69. The lowest BCUT2D eigenvalue weighted by Crippen LogP contribution is -2.60. The van der Waals surface area contributed by atoms with E-state index >= 15 is 0 Å². The number of nitrogens with zero attached hydrogens (tertiary/aromatic N) is 2. The summed E-state index contributed by atoms with van der Waals surface area (Å²) in [7, 11) is 1.61. The Hall–Kier alpha value is -3.15. The van der Waals surface area contributed by atoms with Crippen LogP contribution >= 0.6 is 0 Å². The van der Waals surface area contributed by atoms with Crippen molar-refractivity contribution in [1.29, 1.82) is 0 Å². The van der Waals surface area contributed by atoms with Gasteiger partial charge in [-0.2, -0.15) is 0 Å². The van der Waals surface area contributed by atoms with Crippen LogP contribution in [0.3, 0.4) is 0 Å². The fourth-order valence-corrected chi connectivity index (χ4v) is 4.48. The molecule has 0 spiro atoms. The number of aromatic nitrogens is 2. The summed E-state index contributed by atoms with van der Waals surface area (Å²) >= 11 is 0. The molecule has 0 aliphatic carbocycles. The van der Waals surface area contributed by atoms with Gasteiger partial charge in [-0.15, -0.1) is 5.10 Å². The largest absolute Gasteiger partial charge is 0.497 e. The molecule has 1 aliphatic heterocycles. The zero-order valence-corrected chi connectivity index (χ0v) is 22.0. The SMILES string of the molecule is CCOc1ccc(-c2c(Cc3ccc(OC)cc3)c(O[C@@H]3O[C@H](CO)[C@@H](O)[C@H](O)[C@H]3O)nn2C(C)C)cc1. The minimum atomic E-state index is -1.56. The van der Waals surface area contributed by atoms with Gasteiger partial charge in [0.15, 0.2) is 0 Å². The van der Waals surface area contributed by atoms with Crippen molar-refractivity contribution in [2.75, 3.05) is 20.3 Å². The number of methoxy groups -OCH3 is 1. The highest BCUT2D eigenvalue weighted by Gasteiger charge is 2.45. The van der Waals surface area contributed by atoms with Crippen LogP contribution < -0.4 is 14.2 Å². The highest BCUT2D eigenvalue weighted by molar-refractivity contribution is 5.68. The lowest BCUT2D eigenvalue weighted by Gasteiger charge is -2.39. The monoisotopic (exact) mass is 528 g/mol. The van der Waals surface area contributed by atoms with Crippen molar-refractivity contribution in [1.82, 2.24) is 9.78 Å². The van der Waals surface area contributed by atoms with E-state index in [0.29, 0.717) is 13.0 Å². The van der Waals surface area contributed by atoms with Crippen LogP contribution in [0.4, 0.5) is 0 Å². The van der Waals surface area contributed by atoms with Gasteiger partial charge < -0.3 is 39.4 Å². The standard InChI is InChI=1S/C28H36N2O8/c1-5-36-20-12-8-18(9-13-20)23-21(14-17-6-10-19(35-4)11-7-17)27(29-30(23)16(2)3)38-28-26(34)25(33)24(32)22(15-31)37-28/h6-13,16,22,24-26,28,31-34H,5,14-15H2,1-4H3/t22-,24-,25+,26-,28+/m1/s1. The topological polar surface area (TPSA) is 136 Å². The molecule has 0 unspecified atom stereocenters. The zero-order valence-electron chi connectivity index (χ0n) is 22.0. The van der Waals surface area contributed by atoms with Crippen LogP contribution in [0.15, 0.2) is 48.5 Å². The molecule has 38 heavy (non-hydrogen) atoms. The summed E-state index contributed by atoms with van der Waals surface area (Å²) in [6.45, 7) is 5.93. The summed E-state index contributed by atoms with van der Waals surface area (Å²) in [5.41, 5.74) is 3.42. The van der Waals surface area contributed by atoms with E-state index in [9.17, 15) is 20.4 Å². The van der Waals surface area contributed by atoms with Gasteiger partial charge in [-0.25, -0.2) is 0 Å². The van der Waals surface area contributed by atoms with Gasteiger partial charge in [0.1, 0.15) is 35.9 Å². The van der Waals surface area contributed by atoms with Gasteiger partial charge in [-0.1, -0.05) is 12.1 Å². The van der Waals surface area contributed by atoms with Crippen LogP contribution in [0, 0.1) is 0 Å². The van der Waals surface area contributed by atoms with Gasteiger partial charge in [0.2, 0.25) is 12.2 Å². The number of rotatable bonds is 10. The number of benzene rings is 2. The van der Waals surface area contributed by atoms with Crippen LogP contribution in [-0.2, 0) is 11.2 Å². The van der Waals surface area contributed by atoms with Crippen molar-refractivity contribution < 1.29 is 39.4 Å². The van der Waals surface area contributed by atoms with E-state index in [1.165, 1.54) is 0 Å². The second-order valence-corrected chi connectivity index (χ2v) is 9.47. The predicted octanol–water partition coefficient (Wildman–Crippen LogP) is 2.31. The molecule has 3 aromatic rings. The molecule has 4 N–H and O–H groups in total. The van der Waals surface area contributed by atoms with Crippen LogP contribution in [0.2, 0.25) is 0 Å². The normalized spacial score (nSPS) is 23.4. The van der Waals surface area contributed by atoms with Crippen LogP contribution in [0.1, 0.15) is 37.9 Å². The highest BCUT2D eigenvalue weighted by atomic mass is 16.7. The molecule has 1 aromatic heterocycles. The van der Waals surface area contributed by atoms with Gasteiger partial charge in [0.25, 0.3) is 0 Å². The Labute approximate surface area is 222 Å². The second kappa shape index (κ2) is 12.1. The Bertz CT molecular complexity index is 1180. The smallest absolute Gasteiger partial charge is 0.239 e. The third-order valence-electron chi connectivity index (χ3n) is 6.52. The Balaban J connectivity index is 1.79. The first-order valence-electron chi connectivity index (χ1n) is 12.7. The van der Waals surface area contributed by atoms with Crippen molar-refractivity contribution in [3.63, 3.8) is 0 Å². The van der Waals surface area contributed by atoms with E-state index in [-0.39, 0.29) is 11.9 Å². The minimum absolute atomic E-state index is 0.0432. The second-order valence-electron chi connectivity index (χ2n) is 9.47. The lowest BCUT2D eigenvalue weighted by atomic mass is 9.99. The van der Waals surface area contributed by atoms with Crippen molar-refractivity contribution in [3.05, 3.63) is 59.7 Å². The zero-order chi connectivity index (χ0) is 27.4. The highest BCUT2D eigenvalue weighted by Crippen LogP contribution is 2.37. The van der Waals surface area contributed by atoms with Crippen molar-refractivity contribution in [2.24, 2.45) is 0 Å². The molecular weight excluding hydrogens is 492 g/mol. The third kappa shape index (κ3) is 5.79. The molecule has 0 bridgehead atoms. The van der Waals surface area contributed by atoms with E-state index in [2.05, 4.69) is 0 Å². The van der Waals surface area contributed by atoms with Gasteiger partial charge in [0, 0.05) is 23.6 Å². The Morgan fingerprint density at radius 1 is 0.947 bits per heavy atom. The third-order valence-corrected chi connectivity index (χ3v) is 6.52. The fourth-order valence-electron chi connectivity index (χ4n) is 4.48. The van der Waals surface area contributed by atoms with E-state index in [1.54, 1.807) is 7.11 Å². The first-order valence-corrected chi connectivity index (χ1v) is 12.7. The fraction of sp³-hybridized carbons (Fsp3) is 0.464. The van der Waals surface area contributed by atoms with Crippen molar-refractivity contribution in [3.8, 4) is 28.6 Å². The molecule has 0 amide bonds. The van der Waals surface area contributed by atoms with E-state index < -0.39 is 37.3 Å². The quantitative estimate of drug-likeness (QED) is 0.313. The van der Waals surface area contributed by atoms with Gasteiger partial charge >= 0.3 is 0 Å². The van der Waals surface area contributed by atoms with Gasteiger partial charge in [0.05, 0.1) is 26.0 Å². The first-order chi connectivity index (χ1) is 18.3. The van der Waals surface area contributed by atoms with E-state index in [1.807, 2.05) is 74.0 Å². The Kier molecular flexibility index (Phi) is 8.91. The summed E-state index contributed by atoms with van der Waals surface area (Å²) in [6.07, 6.45) is -6.62. The maximum Gasteiger partial charge on any atom is 0.239 e. The van der Waals surface area contributed by atoms with E-state index in [4.69, 9.17) is 24.0 Å². The molecule has 5 atom stereocenters. The first kappa shape index (κ1) is 27.9. The Morgan fingerprint density at radius 2 is 1.61 bits per heavy atom. The lowest BCUT2D eigenvalue weighted by molar-refractivity contribution is -0.278. The molecule has 4 rings (SSSR count). The van der Waals surface area contributed by atoms with Crippen molar-refractivity contribution in [2.45, 2.75) is 63.9 Å². The van der Waals surface area contributed by atoms with Gasteiger partial charge in [-0.3, -0.25) is 4.68 Å². The summed E-state index contributed by atoms with van der Waals surface area (Å²) in [5, 5.41) is 45.4. The molecule has 1 aliphatic rings. The summed E-state index contributed by atoms with van der Waals surface area (Å²) in [6, 6.07) is 15.3. The van der Waals surface area contributed by atoms with Crippen molar-refractivity contribution >= 4 is 0 Å². The van der Waals surface area contributed by atoms with Gasteiger partial charge in [-0.05, 0) is 62.7 Å². The Morgan fingerprint density at radius 3 is 2.18 bits per heavy atom. The number of hydrogen-bond acceptors (Lipinski definition) is 9. The van der Waals surface area contributed by atoms with E-state index in [0.717, 1.165) is 33.9 Å². The molecule has 2 heterocycles. The van der Waals surface area contributed by atoms with Crippen LogP contribution in [0.25, 0.3) is 11.3 Å². The molecule has 10 heteroatoms. The maximum atomic E-state index is 10.6. The predicted molar refractivity (Wildman–Crippen MR) is 139 cm³/mol. The minimum Gasteiger partial charge on any atom is -0.497 e. The summed E-state index contributed by atoms with van der Waals surface area (Å²) < 4.78 is 24.4. The molecule has 1 fully saturated rings. The number of ether oxygens (including phenoxy) is 4. The van der Waals surface area contributed by atoms with Crippen LogP contribution in [0.5, 0.6) is 17.4 Å². The maximum absolute atomic E-state index is 10.6. The molecule has 10 nitrogen and oxygen atoms in total. The van der Waals surface area contributed by atoms with Crippen LogP contribution in [-0.4, -0.2) is 81.2 Å². The molecular formula is C28H36N2O8. The summed E-state index contributed by atoms with van der Waals surface area (Å²) in [4.78, 5) is 0. The number of hydrogen-bond donors (Lipinski definition) is 4. The molecule has 0 radical (unpaired) electrons. The number of aliphatic hydroxyl groups is 4. The molecule has 206 valence electrons. The number of aliphatic hydroxyl groups excluding tert-OH is 4.